The third kappa shape index (κ3) is 5.54. The van der Waals surface area contributed by atoms with Crippen molar-refractivity contribution < 1.29 is 27.3 Å². The number of halogens is 5. The lowest BCUT2D eigenvalue weighted by Crippen LogP contribution is -2.35. The molecule has 2 aromatic heterocycles. The average molecular weight is 527 g/mol. The van der Waals surface area contributed by atoms with Crippen LogP contribution in [0.4, 0.5) is 13.2 Å². The molecule has 0 spiro atoms. The first-order chi connectivity index (χ1) is 16.6. The van der Waals surface area contributed by atoms with Crippen LogP contribution in [0.15, 0.2) is 47.0 Å². The van der Waals surface area contributed by atoms with Crippen LogP contribution in [-0.4, -0.2) is 44.6 Å². The van der Waals surface area contributed by atoms with Gasteiger partial charge >= 0.3 is 18.0 Å². The van der Waals surface area contributed by atoms with Gasteiger partial charge in [0, 0.05) is 18.1 Å². The van der Waals surface area contributed by atoms with E-state index in [1.54, 1.807) is 18.2 Å². The van der Waals surface area contributed by atoms with E-state index >= 15 is 0 Å². The number of alkyl halides is 3. The number of hydrogen-bond donors (Lipinski definition) is 2. The fourth-order valence-electron chi connectivity index (χ4n) is 3.20. The van der Waals surface area contributed by atoms with Crippen molar-refractivity contribution in [3.8, 4) is 0 Å². The Morgan fingerprint density at radius 2 is 1.71 bits per heavy atom. The van der Waals surface area contributed by atoms with Gasteiger partial charge in [0.15, 0.2) is 5.82 Å². The van der Waals surface area contributed by atoms with Crippen LogP contribution in [0.3, 0.4) is 0 Å². The summed E-state index contributed by atoms with van der Waals surface area (Å²) >= 11 is 11.8. The van der Waals surface area contributed by atoms with Gasteiger partial charge in [0.1, 0.15) is 0 Å². The second kappa shape index (κ2) is 9.92. The first-order valence-electron chi connectivity index (χ1n) is 10.00. The summed E-state index contributed by atoms with van der Waals surface area (Å²) in [6.45, 7) is -0.363. The Bertz CT molecular complexity index is 1400. The Morgan fingerprint density at radius 3 is 2.46 bits per heavy atom. The van der Waals surface area contributed by atoms with Gasteiger partial charge in [-0.2, -0.15) is 18.2 Å². The molecule has 35 heavy (non-hydrogen) atoms. The zero-order chi connectivity index (χ0) is 25.2. The number of carbonyl (C=O) groups excluding carboxylic acids is 2. The van der Waals surface area contributed by atoms with Crippen LogP contribution in [0.2, 0.25) is 10.0 Å². The van der Waals surface area contributed by atoms with Crippen LogP contribution in [0.5, 0.6) is 0 Å². The predicted octanol–water partition coefficient (Wildman–Crippen LogP) is 3.95. The van der Waals surface area contributed by atoms with Crippen LogP contribution in [0, 0.1) is 0 Å². The van der Waals surface area contributed by atoms with Gasteiger partial charge in [-0.1, -0.05) is 40.5 Å². The highest BCUT2D eigenvalue weighted by Gasteiger charge is 2.38. The summed E-state index contributed by atoms with van der Waals surface area (Å²) in [5.74, 6) is -2.95. The highest BCUT2D eigenvalue weighted by molar-refractivity contribution is 6.35. The summed E-state index contributed by atoms with van der Waals surface area (Å²) in [6.07, 6.45) is -4.71. The van der Waals surface area contributed by atoms with Crippen molar-refractivity contribution >= 4 is 46.0 Å². The van der Waals surface area contributed by atoms with Crippen molar-refractivity contribution in [1.29, 1.82) is 0 Å². The number of para-hydroxylation sites is 2. The molecule has 2 amide bonds. The smallest absolute Gasteiger partial charge is 0.350 e. The number of imidazole rings is 1. The number of aromatic nitrogens is 4. The minimum Gasteiger partial charge on any atom is -0.350 e. The lowest BCUT2D eigenvalue weighted by molar-refractivity contribution is -0.146. The maximum atomic E-state index is 13.4. The zero-order valence-corrected chi connectivity index (χ0v) is 19.1. The molecule has 9 nitrogen and oxygen atoms in total. The normalized spacial score (nSPS) is 11.6. The summed E-state index contributed by atoms with van der Waals surface area (Å²) in [7, 11) is 0. The fraction of sp³-hybridized carbons (Fsp3) is 0.190. The largest absolute Gasteiger partial charge is 0.449 e. The first kappa shape index (κ1) is 24.5. The van der Waals surface area contributed by atoms with Gasteiger partial charge in [-0.05, 0) is 30.3 Å². The first-order valence-corrected chi connectivity index (χ1v) is 10.8. The third-order valence-corrected chi connectivity index (χ3v) is 5.30. The van der Waals surface area contributed by atoms with Crippen molar-refractivity contribution in [2.75, 3.05) is 13.1 Å². The molecule has 0 aliphatic carbocycles. The zero-order valence-electron chi connectivity index (χ0n) is 17.6. The SMILES string of the molecule is O=C(NCCNC(=O)c1cc(Cl)ccc1Cl)c1nc(Cn2c(C(F)(F)F)nc3ccccc32)no1. The second-order valence-electron chi connectivity index (χ2n) is 7.16. The molecule has 0 radical (unpaired) electrons. The third-order valence-electron chi connectivity index (χ3n) is 4.74. The van der Waals surface area contributed by atoms with E-state index in [0.29, 0.717) is 5.02 Å². The number of benzene rings is 2. The van der Waals surface area contributed by atoms with E-state index in [0.717, 1.165) is 4.57 Å². The number of rotatable bonds is 7. The van der Waals surface area contributed by atoms with Crippen molar-refractivity contribution in [2.24, 2.45) is 0 Å². The Labute approximate surface area is 205 Å². The van der Waals surface area contributed by atoms with Gasteiger partial charge in [-0.3, -0.25) is 9.59 Å². The molecule has 0 saturated carbocycles. The van der Waals surface area contributed by atoms with Gasteiger partial charge in [0.05, 0.1) is 28.2 Å². The Kier molecular flexibility index (Phi) is 6.94. The highest BCUT2D eigenvalue weighted by Crippen LogP contribution is 2.31. The van der Waals surface area contributed by atoms with Crippen LogP contribution < -0.4 is 10.6 Å². The molecule has 0 unspecified atom stereocenters. The summed E-state index contributed by atoms with van der Waals surface area (Å²) in [6, 6.07) is 10.5. The van der Waals surface area contributed by atoms with Crippen LogP contribution in [0.25, 0.3) is 11.0 Å². The summed E-state index contributed by atoms with van der Waals surface area (Å²) in [4.78, 5) is 32.0. The Morgan fingerprint density at radius 1 is 1.00 bits per heavy atom. The number of carbonyl (C=O) groups is 2. The van der Waals surface area contributed by atoms with Crippen LogP contribution >= 0.6 is 23.2 Å². The van der Waals surface area contributed by atoms with E-state index < -0.39 is 36.3 Å². The molecule has 4 aromatic rings. The van der Waals surface area contributed by atoms with Gasteiger partial charge in [0.25, 0.3) is 5.91 Å². The van der Waals surface area contributed by atoms with Crippen molar-refractivity contribution in [1.82, 2.24) is 30.3 Å². The molecule has 182 valence electrons. The predicted molar refractivity (Wildman–Crippen MR) is 119 cm³/mol. The molecular formula is C21H15Cl2F3N6O3. The summed E-state index contributed by atoms with van der Waals surface area (Å²) < 4.78 is 46.1. The topological polar surface area (TPSA) is 115 Å². The minimum absolute atomic E-state index is 0.00481. The van der Waals surface area contributed by atoms with E-state index in [1.165, 1.54) is 24.3 Å². The maximum Gasteiger partial charge on any atom is 0.449 e. The average Bonchev–Trinajstić information content (AvgIpc) is 3.43. The second-order valence-corrected chi connectivity index (χ2v) is 8.00. The fourth-order valence-corrected chi connectivity index (χ4v) is 3.57. The summed E-state index contributed by atoms with van der Waals surface area (Å²) in [5, 5.41) is 9.18. The Hall–Kier alpha value is -3.64. The standard InChI is InChI=1S/C21H15Cl2F3N6O3/c22-11-5-6-13(23)12(9-11)17(33)27-7-8-28-18(34)19-30-16(31-35-19)10-32-15-4-2-1-3-14(15)29-20(32)21(24,25)26/h1-6,9H,7-8,10H2,(H,27,33)(H,28,34). The van der Waals surface area contributed by atoms with Crippen molar-refractivity contribution in [2.45, 2.75) is 12.7 Å². The molecule has 0 aliphatic rings. The Balaban J connectivity index is 1.37. The monoisotopic (exact) mass is 526 g/mol. The van der Waals surface area contributed by atoms with E-state index in [4.69, 9.17) is 27.7 Å². The van der Waals surface area contributed by atoms with Gasteiger partial charge in [-0.15, -0.1) is 0 Å². The van der Waals surface area contributed by atoms with Crippen LogP contribution in [0.1, 0.15) is 32.7 Å². The molecule has 14 heteroatoms. The van der Waals surface area contributed by atoms with Crippen LogP contribution in [-0.2, 0) is 12.7 Å². The molecule has 0 bridgehead atoms. The van der Waals surface area contributed by atoms with Gasteiger partial charge < -0.3 is 19.7 Å². The number of fused-ring (bicyclic) bond motifs is 1. The minimum atomic E-state index is -4.71. The lowest BCUT2D eigenvalue weighted by atomic mass is 10.2. The number of nitrogens with zero attached hydrogens (tertiary/aromatic N) is 4. The molecule has 2 N–H and O–H groups in total. The maximum absolute atomic E-state index is 13.4. The van der Waals surface area contributed by atoms with Crippen molar-refractivity contribution in [3.63, 3.8) is 0 Å². The molecule has 0 atom stereocenters. The van der Waals surface area contributed by atoms with E-state index in [2.05, 4.69) is 25.8 Å². The van der Waals surface area contributed by atoms with E-state index in [-0.39, 0.29) is 40.5 Å². The quantitative estimate of drug-likeness (QED) is 0.352. The molecule has 2 aromatic carbocycles. The highest BCUT2D eigenvalue weighted by atomic mass is 35.5. The number of hydrogen-bond acceptors (Lipinski definition) is 6. The van der Waals surface area contributed by atoms with E-state index in [1.807, 2.05) is 0 Å². The molecule has 0 saturated heterocycles. The number of nitrogens with one attached hydrogen (secondary N) is 2. The molecular weight excluding hydrogens is 512 g/mol. The lowest BCUT2D eigenvalue weighted by Gasteiger charge is -2.09. The molecule has 0 aliphatic heterocycles. The molecule has 4 rings (SSSR count). The number of amides is 2. The van der Waals surface area contributed by atoms with Gasteiger partial charge in [-0.25, -0.2) is 4.98 Å². The van der Waals surface area contributed by atoms with Gasteiger partial charge in [0.2, 0.25) is 5.82 Å². The van der Waals surface area contributed by atoms with Crippen molar-refractivity contribution in [3.05, 3.63) is 75.6 Å². The summed E-state index contributed by atoms with van der Waals surface area (Å²) in [5.41, 5.74) is 0.561. The molecule has 2 heterocycles. The molecule has 0 fully saturated rings. The van der Waals surface area contributed by atoms with E-state index in [9.17, 15) is 22.8 Å².